The maximum atomic E-state index is 12.3. The minimum Gasteiger partial charge on any atom is -0.341 e. The molecule has 3 heterocycles. The van der Waals surface area contributed by atoms with Crippen LogP contribution in [-0.4, -0.2) is 66.8 Å². The van der Waals surface area contributed by atoms with Gasteiger partial charge in [0.15, 0.2) is 5.78 Å². The number of nitrogens with zero attached hydrogens (tertiary/aromatic N) is 2. The van der Waals surface area contributed by atoms with Crippen LogP contribution in [0.2, 0.25) is 0 Å². The van der Waals surface area contributed by atoms with E-state index in [2.05, 4.69) is 10.2 Å². The average molecular weight is 358 g/mol. The summed E-state index contributed by atoms with van der Waals surface area (Å²) in [5.41, 5.74) is 0. The molecule has 1 aromatic heterocycles. The first-order valence-electron chi connectivity index (χ1n) is 8.03. The van der Waals surface area contributed by atoms with Gasteiger partial charge in [0.1, 0.15) is 0 Å². The maximum absolute atomic E-state index is 12.3. The number of hydrogen-bond acceptors (Lipinski definition) is 5. The number of hydrogen-bond donors (Lipinski definition) is 1. The Morgan fingerprint density at radius 2 is 2.00 bits per heavy atom. The Hall–Kier alpha value is -0.950. The van der Waals surface area contributed by atoms with E-state index in [1.807, 2.05) is 22.4 Å². The van der Waals surface area contributed by atoms with Crippen molar-refractivity contribution in [2.24, 2.45) is 0 Å². The zero-order valence-electron chi connectivity index (χ0n) is 13.2. The topological polar surface area (TPSA) is 52.7 Å². The van der Waals surface area contributed by atoms with Crippen LogP contribution >= 0.6 is 23.7 Å². The molecular weight excluding hydrogens is 334 g/mol. The Labute approximate surface area is 147 Å². The second kappa shape index (κ2) is 8.78. The molecule has 2 fully saturated rings. The molecule has 0 aromatic carbocycles. The minimum atomic E-state index is 0. The van der Waals surface area contributed by atoms with Crippen LogP contribution in [0.25, 0.3) is 0 Å². The predicted octanol–water partition coefficient (Wildman–Crippen LogP) is 1.64. The van der Waals surface area contributed by atoms with Gasteiger partial charge in [-0.25, -0.2) is 0 Å². The lowest BCUT2D eigenvalue weighted by Crippen LogP contribution is -2.49. The minimum absolute atomic E-state index is 0. The lowest BCUT2D eigenvalue weighted by atomic mass is 10.2. The highest BCUT2D eigenvalue weighted by molar-refractivity contribution is 7.12. The van der Waals surface area contributed by atoms with Gasteiger partial charge in [0, 0.05) is 58.2 Å². The first kappa shape index (κ1) is 18.4. The highest BCUT2D eigenvalue weighted by Gasteiger charge is 2.30. The monoisotopic (exact) mass is 357 g/mol. The zero-order chi connectivity index (χ0) is 15.4. The molecule has 0 saturated carbocycles. The van der Waals surface area contributed by atoms with Crippen LogP contribution in [-0.2, 0) is 4.79 Å². The largest absolute Gasteiger partial charge is 0.341 e. The molecule has 3 rings (SSSR count). The standard InChI is InChI=1S/C16H23N3O2S.ClH/c20-14(15-2-1-11-22-15)3-4-16(21)19-8-5-13(12-19)18-9-6-17-7-10-18;/h1-2,11,13,17H,3-10,12H2;1H. The van der Waals surface area contributed by atoms with Crippen LogP contribution in [0.1, 0.15) is 28.9 Å². The third kappa shape index (κ3) is 4.76. The van der Waals surface area contributed by atoms with E-state index in [-0.39, 0.29) is 24.1 Å². The van der Waals surface area contributed by atoms with E-state index in [4.69, 9.17) is 0 Å². The fraction of sp³-hybridized carbons (Fsp3) is 0.625. The van der Waals surface area contributed by atoms with Crippen LogP contribution in [0, 0.1) is 0 Å². The second-order valence-electron chi connectivity index (χ2n) is 5.97. The van der Waals surface area contributed by atoms with Gasteiger partial charge in [-0.1, -0.05) is 6.07 Å². The zero-order valence-corrected chi connectivity index (χ0v) is 14.8. The number of amides is 1. The molecule has 1 unspecified atom stereocenters. The third-order valence-electron chi connectivity index (χ3n) is 4.55. The number of ketones is 1. The number of likely N-dealkylation sites (tertiary alicyclic amines) is 1. The predicted molar refractivity (Wildman–Crippen MR) is 94.6 cm³/mol. The Morgan fingerprint density at radius 3 is 2.70 bits per heavy atom. The normalized spacial score (nSPS) is 21.9. The van der Waals surface area contributed by atoms with E-state index in [0.717, 1.165) is 50.6 Å². The quantitative estimate of drug-likeness (QED) is 0.814. The van der Waals surface area contributed by atoms with Gasteiger partial charge in [-0.3, -0.25) is 14.5 Å². The molecule has 2 aliphatic rings. The summed E-state index contributed by atoms with van der Waals surface area (Å²) in [5.74, 6) is 0.212. The van der Waals surface area contributed by atoms with E-state index in [1.165, 1.54) is 11.3 Å². The molecule has 5 nitrogen and oxygen atoms in total. The fourth-order valence-electron chi connectivity index (χ4n) is 3.25. The molecule has 2 saturated heterocycles. The van der Waals surface area contributed by atoms with Crippen molar-refractivity contribution in [3.63, 3.8) is 0 Å². The summed E-state index contributed by atoms with van der Waals surface area (Å²) in [4.78, 5) is 29.4. The summed E-state index contributed by atoms with van der Waals surface area (Å²) in [7, 11) is 0. The molecule has 0 spiro atoms. The van der Waals surface area contributed by atoms with Crippen molar-refractivity contribution in [3.05, 3.63) is 22.4 Å². The SMILES string of the molecule is Cl.O=C(CCC(=O)N1CCC(N2CCNCC2)C1)c1cccs1. The molecule has 0 radical (unpaired) electrons. The van der Waals surface area contributed by atoms with Gasteiger partial charge in [-0.05, 0) is 17.9 Å². The van der Waals surface area contributed by atoms with E-state index < -0.39 is 0 Å². The molecule has 1 atom stereocenters. The van der Waals surface area contributed by atoms with Crippen LogP contribution in [0.5, 0.6) is 0 Å². The molecule has 128 valence electrons. The van der Waals surface area contributed by atoms with E-state index in [1.54, 1.807) is 0 Å². The third-order valence-corrected chi connectivity index (χ3v) is 5.46. The Kier molecular flexibility index (Phi) is 7.02. The molecule has 0 bridgehead atoms. The highest BCUT2D eigenvalue weighted by atomic mass is 35.5. The van der Waals surface area contributed by atoms with Crippen molar-refractivity contribution in [2.75, 3.05) is 39.3 Å². The number of nitrogens with one attached hydrogen (secondary N) is 1. The van der Waals surface area contributed by atoms with Crippen molar-refractivity contribution < 1.29 is 9.59 Å². The Morgan fingerprint density at radius 1 is 1.22 bits per heavy atom. The molecular formula is C16H24ClN3O2S. The Balaban J connectivity index is 0.00000192. The van der Waals surface area contributed by atoms with Gasteiger partial charge in [0.25, 0.3) is 0 Å². The molecule has 0 aliphatic carbocycles. The second-order valence-corrected chi connectivity index (χ2v) is 6.92. The molecule has 1 N–H and O–H groups in total. The maximum Gasteiger partial charge on any atom is 0.223 e. The molecule has 2 aliphatic heterocycles. The van der Waals surface area contributed by atoms with Crippen molar-refractivity contribution >= 4 is 35.4 Å². The van der Waals surface area contributed by atoms with Gasteiger partial charge >= 0.3 is 0 Å². The van der Waals surface area contributed by atoms with E-state index in [0.29, 0.717) is 18.9 Å². The van der Waals surface area contributed by atoms with Gasteiger partial charge < -0.3 is 10.2 Å². The summed E-state index contributed by atoms with van der Waals surface area (Å²) in [5, 5.41) is 5.26. The van der Waals surface area contributed by atoms with Gasteiger partial charge in [-0.2, -0.15) is 0 Å². The lowest BCUT2D eigenvalue weighted by Gasteiger charge is -2.32. The van der Waals surface area contributed by atoms with Crippen molar-refractivity contribution in [2.45, 2.75) is 25.3 Å². The van der Waals surface area contributed by atoms with E-state index in [9.17, 15) is 9.59 Å². The van der Waals surface area contributed by atoms with Crippen LogP contribution in [0.3, 0.4) is 0 Å². The van der Waals surface area contributed by atoms with Gasteiger partial charge in [0.2, 0.25) is 5.91 Å². The number of carbonyl (C=O) groups is 2. The summed E-state index contributed by atoms with van der Waals surface area (Å²) < 4.78 is 0. The lowest BCUT2D eigenvalue weighted by molar-refractivity contribution is -0.130. The smallest absolute Gasteiger partial charge is 0.223 e. The van der Waals surface area contributed by atoms with Crippen LogP contribution in [0.15, 0.2) is 17.5 Å². The van der Waals surface area contributed by atoms with Crippen molar-refractivity contribution in [1.29, 1.82) is 0 Å². The van der Waals surface area contributed by atoms with E-state index >= 15 is 0 Å². The summed E-state index contributed by atoms with van der Waals surface area (Å²) in [6, 6.07) is 4.20. The van der Waals surface area contributed by atoms with Crippen LogP contribution < -0.4 is 5.32 Å². The number of rotatable bonds is 5. The van der Waals surface area contributed by atoms with Crippen molar-refractivity contribution in [3.8, 4) is 0 Å². The number of Topliss-reactive ketones (excluding diaryl/α,β-unsaturated/α-hetero) is 1. The summed E-state index contributed by atoms with van der Waals surface area (Å²) in [6.07, 6.45) is 1.73. The fourth-order valence-corrected chi connectivity index (χ4v) is 3.95. The molecule has 23 heavy (non-hydrogen) atoms. The van der Waals surface area contributed by atoms with Crippen LogP contribution in [0.4, 0.5) is 0 Å². The molecule has 1 aromatic rings. The average Bonchev–Trinajstić information content (AvgIpc) is 3.24. The first-order chi connectivity index (χ1) is 10.7. The Bertz CT molecular complexity index is 517. The summed E-state index contributed by atoms with van der Waals surface area (Å²) in [6.45, 7) is 5.89. The van der Waals surface area contributed by atoms with Crippen molar-refractivity contribution in [1.82, 2.24) is 15.1 Å². The van der Waals surface area contributed by atoms with Gasteiger partial charge in [-0.15, -0.1) is 23.7 Å². The highest BCUT2D eigenvalue weighted by Crippen LogP contribution is 2.18. The number of piperazine rings is 1. The first-order valence-corrected chi connectivity index (χ1v) is 8.91. The number of carbonyl (C=O) groups excluding carboxylic acids is 2. The molecule has 1 amide bonds. The number of thiophene rings is 1. The van der Waals surface area contributed by atoms with Gasteiger partial charge in [0.05, 0.1) is 4.88 Å². The summed E-state index contributed by atoms with van der Waals surface area (Å²) >= 11 is 1.45. The number of halogens is 1. The molecule has 7 heteroatoms.